The first-order chi connectivity index (χ1) is 11.7. The van der Waals surface area contributed by atoms with E-state index < -0.39 is 0 Å². The van der Waals surface area contributed by atoms with Gasteiger partial charge in [0, 0.05) is 16.5 Å². The van der Waals surface area contributed by atoms with Gasteiger partial charge in [0.2, 0.25) is 5.89 Å². The third kappa shape index (κ3) is 4.08. The summed E-state index contributed by atoms with van der Waals surface area (Å²) in [5.41, 5.74) is 0.751. The standard InChI is InChI=1S/C17H15N3O3S/c1-2-22-13-7-5-12(6-8-13)16-19-20-17(23-16)18-15(21)10-9-14-4-3-11-24-14/h3-11H,2H2,1H3,(H,18,20,21)/b10-9+. The lowest BCUT2D eigenvalue weighted by molar-refractivity contribution is -0.112. The fourth-order valence-electron chi connectivity index (χ4n) is 1.94. The van der Waals surface area contributed by atoms with Gasteiger partial charge in [-0.1, -0.05) is 11.2 Å². The molecule has 0 unspecified atom stereocenters. The second kappa shape index (κ2) is 7.56. The second-order valence-electron chi connectivity index (χ2n) is 4.71. The predicted molar refractivity (Wildman–Crippen MR) is 92.9 cm³/mol. The summed E-state index contributed by atoms with van der Waals surface area (Å²) < 4.78 is 10.8. The highest BCUT2D eigenvalue weighted by Crippen LogP contribution is 2.22. The molecule has 1 aromatic carbocycles. The zero-order valence-corrected chi connectivity index (χ0v) is 13.7. The Morgan fingerprint density at radius 3 is 2.83 bits per heavy atom. The molecule has 0 bridgehead atoms. The molecule has 7 heteroatoms. The van der Waals surface area contributed by atoms with Gasteiger partial charge < -0.3 is 9.15 Å². The molecule has 1 amide bonds. The van der Waals surface area contributed by atoms with E-state index in [-0.39, 0.29) is 11.9 Å². The highest BCUT2D eigenvalue weighted by Gasteiger charge is 2.10. The van der Waals surface area contributed by atoms with E-state index in [0.717, 1.165) is 16.2 Å². The molecule has 0 atom stereocenters. The Labute approximate surface area is 142 Å². The molecule has 6 nitrogen and oxygen atoms in total. The van der Waals surface area contributed by atoms with Gasteiger partial charge in [0.1, 0.15) is 5.75 Å². The maximum absolute atomic E-state index is 11.8. The fraction of sp³-hybridized carbons (Fsp3) is 0.118. The van der Waals surface area contributed by atoms with E-state index in [1.165, 1.54) is 6.08 Å². The first kappa shape index (κ1) is 15.9. The van der Waals surface area contributed by atoms with Crippen LogP contribution in [0.1, 0.15) is 11.8 Å². The van der Waals surface area contributed by atoms with Gasteiger partial charge in [-0.3, -0.25) is 10.1 Å². The smallest absolute Gasteiger partial charge is 0.322 e. The average Bonchev–Trinajstić information content (AvgIpc) is 3.26. The summed E-state index contributed by atoms with van der Waals surface area (Å²) in [4.78, 5) is 12.8. The lowest BCUT2D eigenvalue weighted by Crippen LogP contribution is -2.07. The Bertz CT molecular complexity index is 823. The van der Waals surface area contributed by atoms with E-state index in [2.05, 4.69) is 15.5 Å². The first-order valence-electron chi connectivity index (χ1n) is 7.34. The number of nitrogens with zero attached hydrogens (tertiary/aromatic N) is 2. The maximum atomic E-state index is 11.8. The lowest BCUT2D eigenvalue weighted by atomic mass is 10.2. The van der Waals surface area contributed by atoms with Gasteiger partial charge in [-0.15, -0.1) is 16.4 Å². The zero-order valence-electron chi connectivity index (χ0n) is 12.9. The summed E-state index contributed by atoms with van der Waals surface area (Å²) in [6.07, 6.45) is 3.15. The normalized spacial score (nSPS) is 10.9. The zero-order chi connectivity index (χ0) is 16.8. The van der Waals surface area contributed by atoms with Crippen LogP contribution in [0.25, 0.3) is 17.5 Å². The van der Waals surface area contributed by atoms with Crippen molar-refractivity contribution in [3.05, 3.63) is 52.7 Å². The van der Waals surface area contributed by atoms with Crippen molar-refractivity contribution in [2.24, 2.45) is 0 Å². The minimum absolute atomic E-state index is 0.0553. The number of rotatable bonds is 6. The minimum Gasteiger partial charge on any atom is -0.494 e. The van der Waals surface area contributed by atoms with Gasteiger partial charge in [0.05, 0.1) is 6.61 Å². The average molecular weight is 341 g/mol. The summed E-state index contributed by atoms with van der Waals surface area (Å²) in [6.45, 7) is 2.53. The molecule has 0 spiro atoms. The molecule has 1 N–H and O–H groups in total. The Hall–Kier alpha value is -2.93. The molecule has 3 rings (SSSR count). The fourth-order valence-corrected chi connectivity index (χ4v) is 2.56. The van der Waals surface area contributed by atoms with Crippen molar-refractivity contribution in [1.29, 1.82) is 0 Å². The van der Waals surface area contributed by atoms with Crippen LogP contribution < -0.4 is 10.1 Å². The number of carbonyl (C=O) groups excluding carboxylic acids is 1. The lowest BCUT2D eigenvalue weighted by Gasteiger charge is -2.02. The molecule has 0 aliphatic carbocycles. The third-order valence-corrected chi connectivity index (χ3v) is 3.85. The monoisotopic (exact) mass is 341 g/mol. The van der Waals surface area contributed by atoms with Crippen molar-refractivity contribution in [2.45, 2.75) is 6.92 Å². The van der Waals surface area contributed by atoms with Crippen molar-refractivity contribution in [2.75, 3.05) is 11.9 Å². The number of carbonyl (C=O) groups is 1. The van der Waals surface area contributed by atoms with Crippen molar-refractivity contribution >= 4 is 29.3 Å². The summed E-state index contributed by atoms with van der Waals surface area (Å²) in [5.74, 6) is 0.772. The van der Waals surface area contributed by atoms with Crippen LogP contribution in [0.4, 0.5) is 6.01 Å². The molecule has 0 radical (unpaired) electrons. The largest absolute Gasteiger partial charge is 0.494 e. The van der Waals surface area contributed by atoms with Gasteiger partial charge in [-0.2, -0.15) is 0 Å². The van der Waals surface area contributed by atoms with Crippen LogP contribution in [0.15, 0.2) is 52.3 Å². The number of aromatic nitrogens is 2. The molecule has 0 saturated carbocycles. The molecule has 24 heavy (non-hydrogen) atoms. The molecular weight excluding hydrogens is 326 g/mol. The van der Waals surface area contributed by atoms with E-state index >= 15 is 0 Å². The van der Waals surface area contributed by atoms with Crippen LogP contribution in [0, 0.1) is 0 Å². The first-order valence-corrected chi connectivity index (χ1v) is 8.22. The molecule has 0 fully saturated rings. The predicted octanol–water partition coefficient (Wildman–Crippen LogP) is 3.85. The van der Waals surface area contributed by atoms with Gasteiger partial charge >= 0.3 is 6.01 Å². The highest BCUT2D eigenvalue weighted by atomic mass is 32.1. The molecule has 2 heterocycles. The third-order valence-electron chi connectivity index (χ3n) is 3.01. The Balaban J connectivity index is 1.63. The second-order valence-corrected chi connectivity index (χ2v) is 5.69. The van der Waals surface area contributed by atoms with Gasteiger partial charge in [0.15, 0.2) is 0 Å². The quantitative estimate of drug-likeness (QED) is 0.689. The molecule has 122 valence electrons. The molecular formula is C17H15N3O3S. The summed E-state index contributed by atoms with van der Waals surface area (Å²) in [7, 11) is 0. The maximum Gasteiger partial charge on any atom is 0.322 e. The number of anilines is 1. The Morgan fingerprint density at radius 1 is 1.29 bits per heavy atom. The number of hydrogen-bond donors (Lipinski definition) is 1. The van der Waals surface area contributed by atoms with E-state index in [0.29, 0.717) is 12.5 Å². The van der Waals surface area contributed by atoms with Crippen LogP contribution in [0.3, 0.4) is 0 Å². The van der Waals surface area contributed by atoms with Crippen LogP contribution in [0.5, 0.6) is 5.75 Å². The van der Waals surface area contributed by atoms with E-state index in [9.17, 15) is 4.79 Å². The number of amides is 1. The van der Waals surface area contributed by atoms with Crippen LogP contribution in [-0.4, -0.2) is 22.7 Å². The van der Waals surface area contributed by atoms with E-state index in [1.54, 1.807) is 17.4 Å². The molecule has 3 aromatic rings. The van der Waals surface area contributed by atoms with Gasteiger partial charge in [-0.05, 0) is 48.7 Å². The Morgan fingerprint density at radius 2 is 2.12 bits per heavy atom. The molecule has 2 aromatic heterocycles. The summed E-state index contributed by atoms with van der Waals surface area (Å²) >= 11 is 1.55. The van der Waals surface area contributed by atoms with Crippen molar-refractivity contribution in [1.82, 2.24) is 10.2 Å². The number of nitrogens with one attached hydrogen (secondary N) is 1. The van der Waals surface area contributed by atoms with Crippen molar-refractivity contribution in [3.63, 3.8) is 0 Å². The molecule has 0 aliphatic heterocycles. The molecule has 0 saturated heterocycles. The number of thiophene rings is 1. The summed E-state index contributed by atoms with van der Waals surface area (Å²) in [6, 6.07) is 11.2. The number of benzene rings is 1. The molecule has 0 aliphatic rings. The topological polar surface area (TPSA) is 77.3 Å². The van der Waals surface area contributed by atoms with E-state index in [1.807, 2.05) is 48.7 Å². The highest BCUT2D eigenvalue weighted by molar-refractivity contribution is 7.10. The Kier molecular flexibility index (Phi) is 5.02. The van der Waals surface area contributed by atoms with Gasteiger partial charge in [-0.25, -0.2) is 0 Å². The van der Waals surface area contributed by atoms with Crippen molar-refractivity contribution in [3.8, 4) is 17.2 Å². The number of ether oxygens (including phenoxy) is 1. The summed E-state index contributed by atoms with van der Waals surface area (Å²) in [5, 5.41) is 12.2. The van der Waals surface area contributed by atoms with Gasteiger partial charge in [0.25, 0.3) is 5.91 Å². The number of hydrogen-bond acceptors (Lipinski definition) is 6. The van der Waals surface area contributed by atoms with Crippen LogP contribution in [0.2, 0.25) is 0 Å². The van der Waals surface area contributed by atoms with Crippen LogP contribution >= 0.6 is 11.3 Å². The minimum atomic E-state index is -0.328. The van der Waals surface area contributed by atoms with Crippen molar-refractivity contribution < 1.29 is 13.9 Å². The van der Waals surface area contributed by atoms with Crippen LogP contribution in [-0.2, 0) is 4.79 Å². The van der Waals surface area contributed by atoms with E-state index in [4.69, 9.17) is 9.15 Å². The SMILES string of the molecule is CCOc1ccc(-c2nnc(NC(=O)/C=C/c3cccs3)o2)cc1.